The molecule has 4 rings (SSSR count). The molecule has 1 fully saturated rings. The summed E-state index contributed by atoms with van der Waals surface area (Å²) >= 11 is 1.33. The first-order chi connectivity index (χ1) is 18.4. The summed E-state index contributed by atoms with van der Waals surface area (Å²) in [6.45, 7) is 8.90. The van der Waals surface area contributed by atoms with Gasteiger partial charge in [0.1, 0.15) is 27.4 Å². The molecule has 2 heterocycles. The van der Waals surface area contributed by atoms with Crippen LogP contribution < -0.4 is 19.3 Å². The standard InChI is InChI=1S/C26H33N5O6S/c1-5-28(6-2)11-12-30(26-27-23-21(35-3)9-10-22(36-4)24(23)38-26)25(32)18-7-8-19(20(17-18)31(33)34)29-13-15-37-16-14-29/h7-10,17H,5-6,11-16H2,1-4H3. The van der Waals surface area contributed by atoms with Gasteiger partial charge >= 0.3 is 0 Å². The number of methoxy groups -OCH3 is 2. The Morgan fingerprint density at radius 1 is 1.11 bits per heavy atom. The molecule has 0 atom stereocenters. The normalized spacial score (nSPS) is 13.7. The number of thiazole rings is 1. The van der Waals surface area contributed by atoms with E-state index in [0.29, 0.717) is 67.2 Å². The maximum Gasteiger partial charge on any atom is 0.293 e. The first kappa shape index (κ1) is 27.6. The molecule has 0 radical (unpaired) electrons. The maximum atomic E-state index is 13.9. The van der Waals surface area contributed by atoms with Crippen molar-refractivity contribution in [1.29, 1.82) is 0 Å². The second-order valence-electron chi connectivity index (χ2n) is 8.69. The van der Waals surface area contributed by atoms with Crippen molar-refractivity contribution in [3.63, 3.8) is 0 Å². The van der Waals surface area contributed by atoms with Crippen molar-refractivity contribution < 1.29 is 23.9 Å². The van der Waals surface area contributed by atoms with Crippen LogP contribution in [0.5, 0.6) is 11.5 Å². The molecule has 0 aliphatic carbocycles. The molecule has 0 bridgehead atoms. The molecular formula is C26H33N5O6S. The number of nitrogens with zero attached hydrogens (tertiary/aromatic N) is 5. The van der Waals surface area contributed by atoms with Gasteiger partial charge in [-0.15, -0.1) is 0 Å². The molecular weight excluding hydrogens is 510 g/mol. The lowest BCUT2D eigenvalue weighted by molar-refractivity contribution is -0.384. The number of fused-ring (bicyclic) bond motifs is 1. The number of ether oxygens (including phenoxy) is 3. The Hall–Kier alpha value is -3.48. The number of nitro groups is 1. The van der Waals surface area contributed by atoms with E-state index in [1.807, 2.05) is 4.90 Å². The number of aromatic nitrogens is 1. The zero-order valence-electron chi connectivity index (χ0n) is 22.1. The largest absolute Gasteiger partial charge is 0.495 e. The number of likely N-dealkylation sites (N-methyl/N-ethyl adjacent to an activating group) is 1. The van der Waals surface area contributed by atoms with E-state index in [1.165, 1.54) is 17.4 Å². The first-order valence-electron chi connectivity index (χ1n) is 12.6. The van der Waals surface area contributed by atoms with Crippen LogP contribution in [0.2, 0.25) is 0 Å². The smallest absolute Gasteiger partial charge is 0.293 e. The van der Waals surface area contributed by atoms with E-state index in [2.05, 4.69) is 18.7 Å². The Balaban J connectivity index is 1.75. The molecule has 1 saturated heterocycles. The van der Waals surface area contributed by atoms with Crippen LogP contribution >= 0.6 is 11.3 Å². The highest BCUT2D eigenvalue weighted by molar-refractivity contribution is 7.22. The van der Waals surface area contributed by atoms with Gasteiger partial charge in [-0.2, -0.15) is 0 Å². The number of hydrogen-bond acceptors (Lipinski definition) is 10. The molecule has 3 aromatic rings. The number of nitro benzene ring substituents is 1. The Labute approximate surface area is 225 Å². The number of amides is 1. The van der Waals surface area contributed by atoms with Crippen LogP contribution in [0.25, 0.3) is 10.2 Å². The number of carbonyl (C=O) groups is 1. The average Bonchev–Trinajstić information content (AvgIpc) is 3.40. The van der Waals surface area contributed by atoms with Gasteiger partial charge < -0.3 is 24.0 Å². The van der Waals surface area contributed by atoms with E-state index in [4.69, 9.17) is 19.2 Å². The fourth-order valence-corrected chi connectivity index (χ4v) is 5.58. The van der Waals surface area contributed by atoms with Crippen molar-refractivity contribution in [3.05, 3.63) is 46.0 Å². The molecule has 1 aliphatic heterocycles. The highest BCUT2D eigenvalue weighted by Gasteiger charge is 2.28. The minimum absolute atomic E-state index is 0.103. The van der Waals surface area contributed by atoms with E-state index < -0.39 is 4.92 Å². The van der Waals surface area contributed by atoms with E-state index in [-0.39, 0.29) is 17.2 Å². The minimum Gasteiger partial charge on any atom is -0.495 e. The second kappa shape index (κ2) is 12.4. The van der Waals surface area contributed by atoms with Crippen LogP contribution in [0.1, 0.15) is 24.2 Å². The van der Waals surface area contributed by atoms with Gasteiger partial charge in [-0.1, -0.05) is 25.2 Å². The van der Waals surface area contributed by atoms with Crippen molar-refractivity contribution in [1.82, 2.24) is 9.88 Å². The van der Waals surface area contributed by atoms with E-state index >= 15 is 0 Å². The first-order valence-corrected chi connectivity index (χ1v) is 13.4. The summed E-state index contributed by atoms with van der Waals surface area (Å²) in [4.78, 5) is 36.0. The summed E-state index contributed by atoms with van der Waals surface area (Å²) in [5, 5.41) is 12.5. The van der Waals surface area contributed by atoms with Gasteiger partial charge in [0.2, 0.25) is 0 Å². The number of benzene rings is 2. The molecule has 0 spiro atoms. The lowest BCUT2D eigenvalue weighted by Crippen LogP contribution is -2.39. The van der Waals surface area contributed by atoms with Gasteiger partial charge in [-0.05, 0) is 37.4 Å². The molecule has 1 amide bonds. The molecule has 1 aliphatic rings. The summed E-state index contributed by atoms with van der Waals surface area (Å²) in [5.41, 5.74) is 1.21. The zero-order valence-corrected chi connectivity index (χ0v) is 23.0. The van der Waals surface area contributed by atoms with E-state index in [9.17, 15) is 14.9 Å². The molecule has 12 heteroatoms. The Kier molecular flexibility index (Phi) is 8.97. The zero-order chi connectivity index (χ0) is 27.2. The summed E-state index contributed by atoms with van der Waals surface area (Å²) in [5.74, 6) is 0.849. The number of hydrogen-bond donors (Lipinski definition) is 0. The fourth-order valence-electron chi connectivity index (χ4n) is 4.49. The summed E-state index contributed by atoms with van der Waals surface area (Å²) < 4.78 is 17.2. The second-order valence-corrected chi connectivity index (χ2v) is 9.67. The molecule has 2 aromatic carbocycles. The van der Waals surface area contributed by atoms with Gasteiger partial charge in [-0.25, -0.2) is 4.98 Å². The topological polar surface area (TPSA) is 111 Å². The van der Waals surface area contributed by atoms with Gasteiger partial charge in [0.25, 0.3) is 11.6 Å². The SMILES string of the molecule is CCN(CC)CCN(C(=O)c1ccc(N2CCOCC2)c([N+](=O)[O-])c1)c1nc2c(OC)ccc(OC)c2s1. The number of carbonyl (C=O) groups excluding carboxylic acids is 1. The molecule has 0 N–H and O–H groups in total. The number of anilines is 2. The van der Waals surface area contributed by atoms with Crippen molar-refractivity contribution >= 4 is 44.0 Å². The number of rotatable bonds is 11. The minimum atomic E-state index is -0.435. The van der Waals surface area contributed by atoms with Crippen LogP contribution in [0.15, 0.2) is 30.3 Å². The van der Waals surface area contributed by atoms with Gasteiger partial charge in [0.15, 0.2) is 5.13 Å². The summed E-state index contributed by atoms with van der Waals surface area (Å²) in [7, 11) is 3.15. The summed E-state index contributed by atoms with van der Waals surface area (Å²) in [6, 6.07) is 8.26. The highest BCUT2D eigenvalue weighted by atomic mass is 32.1. The molecule has 0 unspecified atom stereocenters. The van der Waals surface area contributed by atoms with Gasteiger partial charge in [0, 0.05) is 37.8 Å². The van der Waals surface area contributed by atoms with Crippen LogP contribution in [-0.2, 0) is 4.74 Å². The van der Waals surface area contributed by atoms with Crippen molar-refractivity contribution in [3.8, 4) is 11.5 Å². The molecule has 11 nitrogen and oxygen atoms in total. The number of morpholine rings is 1. The van der Waals surface area contributed by atoms with Crippen LogP contribution in [0.3, 0.4) is 0 Å². The maximum absolute atomic E-state index is 13.9. The predicted molar refractivity (Wildman–Crippen MR) is 148 cm³/mol. The van der Waals surface area contributed by atoms with Crippen LogP contribution in [-0.4, -0.2) is 87.4 Å². The fraction of sp³-hybridized carbons (Fsp3) is 0.462. The molecule has 204 valence electrons. The van der Waals surface area contributed by atoms with E-state index in [1.54, 1.807) is 43.4 Å². The van der Waals surface area contributed by atoms with Crippen LogP contribution in [0, 0.1) is 10.1 Å². The van der Waals surface area contributed by atoms with Crippen molar-refractivity contribution in [2.75, 3.05) is 76.5 Å². The monoisotopic (exact) mass is 543 g/mol. The molecule has 0 saturated carbocycles. The average molecular weight is 544 g/mol. The highest BCUT2D eigenvalue weighted by Crippen LogP contribution is 2.40. The Morgan fingerprint density at radius 2 is 1.79 bits per heavy atom. The quantitative estimate of drug-likeness (QED) is 0.261. The lowest BCUT2D eigenvalue weighted by Gasteiger charge is -2.29. The predicted octanol–water partition coefficient (Wildman–Crippen LogP) is 4.05. The molecule has 1 aromatic heterocycles. The third-order valence-corrected chi connectivity index (χ3v) is 7.77. The Bertz CT molecular complexity index is 1250. The van der Waals surface area contributed by atoms with E-state index in [0.717, 1.165) is 17.8 Å². The summed E-state index contributed by atoms with van der Waals surface area (Å²) in [6.07, 6.45) is 0. The van der Waals surface area contributed by atoms with Crippen molar-refractivity contribution in [2.24, 2.45) is 0 Å². The van der Waals surface area contributed by atoms with Gasteiger partial charge in [-0.3, -0.25) is 19.8 Å². The third kappa shape index (κ3) is 5.66. The van der Waals surface area contributed by atoms with Gasteiger partial charge in [0.05, 0.1) is 32.4 Å². The van der Waals surface area contributed by atoms with Crippen molar-refractivity contribution in [2.45, 2.75) is 13.8 Å². The van der Waals surface area contributed by atoms with Crippen LogP contribution in [0.4, 0.5) is 16.5 Å². The Morgan fingerprint density at radius 3 is 2.42 bits per heavy atom. The molecule has 38 heavy (non-hydrogen) atoms. The lowest BCUT2D eigenvalue weighted by atomic mass is 10.1. The third-order valence-electron chi connectivity index (χ3n) is 6.68.